The molecule has 4 rings (SSSR count). The highest BCUT2D eigenvalue weighted by atomic mass is 16.5. The molecule has 1 atom stereocenters. The summed E-state index contributed by atoms with van der Waals surface area (Å²) < 4.78 is 7.63. The highest BCUT2D eigenvalue weighted by molar-refractivity contribution is 5.55. The van der Waals surface area contributed by atoms with E-state index in [2.05, 4.69) is 16.2 Å². The van der Waals surface area contributed by atoms with Gasteiger partial charge in [-0.15, -0.1) is 0 Å². The van der Waals surface area contributed by atoms with Gasteiger partial charge in [0.15, 0.2) is 0 Å². The third-order valence-electron chi connectivity index (χ3n) is 4.51. The predicted octanol–water partition coefficient (Wildman–Crippen LogP) is 2.85. The summed E-state index contributed by atoms with van der Waals surface area (Å²) in [5.41, 5.74) is 10.2. The standard InChI is InChI=1S/C20H17N5O/c1-13-17-18(15-7-9-23-10-8-15)16(11-21)19(22)26-20(17)25(24-13)12-14-5-3-2-4-6-14/h2-10,18H,12,22H2,1H3. The van der Waals surface area contributed by atoms with E-state index in [9.17, 15) is 5.26 Å². The molecule has 0 fully saturated rings. The van der Waals surface area contributed by atoms with Crippen LogP contribution in [0, 0.1) is 18.3 Å². The lowest BCUT2D eigenvalue weighted by molar-refractivity contribution is 0.352. The SMILES string of the molecule is Cc1nn(Cc2ccccc2)c2c1C(c1ccncc1)C(C#N)=C(N)O2. The highest BCUT2D eigenvalue weighted by Crippen LogP contribution is 2.43. The van der Waals surface area contributed by atoms with Gasteiger partial charge in [-0.05, 0) is 30.2 Å². The smallest absolute Gasteiger partial charge is 0.224 e. The minimum absolute atomic E-state index is 0.121. The summed E-state index contributed by atoms with van der Waals surface area (Å²) in [5.74, 6) is 0.400. The first-order valence-corrected chi connectivity index (χ1v) is 8.27. The van der Waals surface area contributed by atoms with Gasteiger partial charge in [-0.25, -0.2) is 4.68 Å². The molecule has 1 unspecified atom stereocenters. The molecular formula is C20H17N5O. The number of benzene rings is 1. The van der Waals surface area contributed by atoms with E-state index in [0.29, 0.717) is 18.0 Å². The highest BCUT2D eigenvalue weighted by Gasteiger charge is 2.35. The summed E-state index contributed by atoms with van der Waals surface area (Å²) in [7, 11) is 0. The first kappa shape index (κ1) is 15.9. The van der Waals surface area contributed by atoms with Crippen LogP contribution in [0.2, 0.25) is 0 Å². The Kier molecular flexibility index (Phi) is 3.90. The van der Waals surface area contributed by atoms with Gasteiger partial charge in [0.05, 0.1) is 23.7 Å². The summed E-state index contributed by atoms with van der Waals surface area (Å²) in [6.07, 6.45) is 3.42. The molecule has 0 saturated heterocycles. The van der Waals surface area contributed by atoms with E-state index in [-0.39, 0.29) is 11.8 Å². The fourth-order valence-electron chi connectivity index (χ4n) is 3.33. The molecule has 0 radical (unpaired) electrons. The average Bonchev–Trinajstić information content (AvgIpc) is 2.97. The largest absolute Gasteiger partial charge is 0.422 e. The van der Waals surface area contributed by atoms with Crippen molar-refractivity contribution >= 4 is 0 Å². The van der Waals surface area contributed by atoms with Gasteiger partial charge in [-0.3, -0.25) is 4.98 Å². The third kappa shape index (κ3) is 2.60. The normalized spacial score (nSPS) is 15.9. The first-order chi connectivity index (χ1) is 12.7. The number of aryl methyl sites for hydroxylation is 1. The van der Waals surface area contributed by atoms with Crippen molar-refractivity contribution < 1.29 is 4.74 Å². The Morgan fingerprint density at radius 1 is 1.19 bits per heavy atom. The second-order valence-electron chi connectivity index (χ2n) is 6.15. The molecule has 0 amide bonds. The summed E-state index contributed by atoms with van der Waals surface area (Å²) in [6.45, 7) is 2.49. The molecule has 2 aromatic heterocycles. The second kappa shape index (κ2) is 6.37. The number of fused-ring (bicyclic) bond motifs is 1. The molecule has 3 heterocycles. The Balaban J connectivity index is 1.85. The van der Waals surface area contributed by atoms with Gasteiger partial charge in [0.2, 0.25) is 11.8 Å². The molecule has 26 heavy (non-hydrogen) atoms. The van der Waals surface area contributed by atoms with E-state index in [1.54, 1.807) is 17.1 Å². The first-order valence-electron chi connectivity index (χ1n) is 8.27. The zero-order chi connectivity index (χ0) is 18.1. The van der Waals surface area contributed by atoms with E-state index in [1.165, 1.54) is 0 Å². The number of nitriles is 1. The van der Waals surface area contributed by atoms with Crippen LogP contribution in [0.5, 0.6) is 5.88 Å². The average molecular weight is 343 g/mol. The number of aromatic nitrogens is 3. The molecule has 6 heteroatoms. The molecule has 0 aliphatic carbocycles. The number of rotatable bonds is 3. The van der Waals surface area contributed by atoms with Crippen molar-refractivity contribution in [3.63, 3.8) is 0 Å². The lowest BCUT2D eigenvalue weighted by Crippen LogP contribution is -2.22. The topological polar surface area (TPSA) is 89.8 Å². The fraction of sp³-hybridized carbons (Fsp3) is 0.150. The number of hydrogen-bond acceptors (Lipinski definition) is 5. The van der Waals surface area contributed by atoms with Gasteiger partial charge in [-0.2, -0.15) is 10.4 Å². The summed E-state index contributed by atoms with van der Waals surface area (Å²) in [6, 6.07) is 16.0. The van der Waals surface area contributed by atoms with Crippen molar-refractivity contribution in [2.45, 2.75) is 19.4 Å². The number of pyridine rings is 1. The van der Waals surface area contributed by atoms with E-state index in [0.717, 1.165) is 22.4 Å². The number of hydrogen-bond donors (Lipinski definition) is 1. The molecule has 6 nitrogen and oxygen atoms in total. The predicted molar refractivity (Wildman–Crippen MR) is 96.0 cm³/mol. The van der Waals surface area contributed by atoms with Crippen molar-refractivity contribution in [3.8, 4) is 11.9 Å². The lowest BCUT2D eigenvalue weighted by Gasteiger charge is -2.24. The Morgan fingerprint density at radius 3 is 2.62 bits per heavy atom. The van der Waals surface area contributed by atoms with E-state index in [4.69, 9.17) is 10.5 Å². The van der Waals surface area contributed by atoms with Crippen LogP contribution in [0.15, 0.2) is 66.3 Å². The number of nitrogens with two attached hydrogens (primary N) is 1. The molecule has 1 aromatic carbocycles. The third-order valence-corrected chi connectivity index (χ3v) is 4.51. The van der Waals surface area contributed by atoms with E-state index >= 15 is 0 Å². The Bertz CT molecular complexity index is 1020. The molecule has 0 spiro atoms. The Hall–Kier alpha value is -3.59. The molecule has 1 aliphatic rings. The fourth-order valence-corrected chi connectivity index (χ4v) is 3.33. The summed E-state index contributed by atoms with van der Waals surface area (Å²) >= 11 is 0. The van der Waals surface area contributed by atoms with Crippen molar-refractivity contribution in [1.29, 1.82) is 5.26 Å². The van der Waals surface area contributed by atoms with Crippen LogP contribution in [-0.2, 0) is 6.54 Å². The van der Waals surface area contributed by atoms with Gasteiger partial charge in [0, 0.05) is 12.4 Å². The van der Waals surface area contributed by atoms with Crippen LogP contribution < -0.4 is 10.5 Å². The van der Waals surface area contributed by atoms with Crippen LogP contribution >= 0.6 is 0 Å². The molecule has 3 aromatic rings. The quantitative estimate of drug-likeness (QED) is 0.790. The Labute approximate surface area is 151 Å². The molecule has 1 aliphatic heterocycles. The molecule has 0 bridgehead atoms. The number of ether oxygens (including phenoxy) is 1. The lowest BCUT2D eigenvalue weighted by atomic mass is 9.84. The van der Waals surface area contributed by atoms with Crippen LogP contribution in [-0.4, -0.2) is 14.8 Å². The van der Waals surface area contributed by atoms with Crippen LogP contribution in [0.4, 0.5) is 0 Å². The Morgan fingerprint density at radius 2 is 1.92 bits per heavy atom. The van der Waals surface area contributed by atoms with Crippen molar-refractivity contribution in [3.05, 3.63) is 88.7 Å². The zero-order valence-corrected chi connectivity index (χ0v) is 14.3. The van der Waals surface area contributed by atoms with E-state index in [1.807, 2.05) is 49.4 Å². The van der Waals surface area contributed by atoms with Crippen LogP contribution in [0.25, 0.3) is 0 Å². The maximum atomic E-state index is 9.64. The van der Waals surface area contributed by atoms with Gasteiger partial charge in [0.25, 0.3) is 0 Å². The zero-order valence-electron chi connectivity index (χ0n) is 14.3. The summed E-state index contributed by atoms with van der Waals surface area (Å²) in [5, 5.41) is 14.3. The molecular weight excluding hydrogens is 326 g/mol. The van der Waals surface area contributed by atoms with Gasteiger partial charge >= 0.3 is 0 Å². The maximum absolute atomic E-state index is 9.64. The van der Waals surface area contributed by atoms with Gasteiger partial charge in [-0.1, -0.05) is 30.3 Å². The van der Waals surface area contributed by atoms with Crippen molar-refractivity contribution in [2.24, 2.45) is 5.73 Å². The monoisotopic (exact) mass is 343 g/mol. The van der Waals surface area contributed by atoms with Crippen molar-refractivity contribution in [1.82, 2.24) is 14.8 Å². The van der Waals surface area contributed by atoms with Gasteiger partial charge in [0.1, 0.15) is 11.6 Å². The minimum Gasteiger partial charge on any atom is -0.422 e. The molecule has 128 valence electrons. The minimum atomic E-state index is -0.309. The summed E-state index contributed by atoms with van der Waals surface area (Å²) in [4.78, 5) is 4.07. The number of nitrogens with zero attached hydrogens (tertiary/aromatic N) is 4. The van der Waals surface area contributed by atoms with Crippen LogP contribution in [0.1, 0.15) is 28.3 Å². The second-order valence-corrected chi connectivity index (χ2v) is 6.15. The number of allylic oxidation sites excluding steroid dienone is 1. The van der Waals surface area contributed by atoms with Crippen molar-refractivity contribution in [2.75, 3.05) is 0 Å². The van der Waals surface area contributed by atoms with Gasteiger partial charge < -0.3 is 10.5 Å². The van der Waals surface area contributed by atoms with Crippen LogP contribution in [0.3, 0.4) is 0 Å². The molecule has 2 N–H and O–H groups in total. The maximum Gasteiger partial charge on any atom is 0.224 e. The van der Waals surface area contributed by atoms with E-state index < -0.39 is 0 Å². The molecule has 0 saturated carbocycles.